The zero-order valence-corrected chi connectivity index (χ0v) is 16.1. The summed E-state index contributed by atoms with van der Waals surface area (Å²) in [6.45, 7) is 1.85. The van der Waals surface area contributed by atoms with Crippen molar-refractivity contribution in [2.24, 2.45) is 0 Å². The highest BCUT2D eigenvalue weighted by molar-refractivity contribution is 7.98. The van der Waals surface area contributed by atoms with Gasteiger partial charge in [-0.25, -0.2) is 13.8 Å². The van der Waals surface area contributed by atoms with Gasteiger partial charge in [-0.2, -0.15) is 5.10 Å². The van der Waals surface area contributed by atoms with Gasteiger partial charge >= 0.3 is 0 Å². The van der Waals surface area contributed by atoms with Crippen LogP contribution >= 0.6 is 23.4 Å². The number of benzene rings is 2. The fraction of sp³-hybridized carbons (Fsp3) is 0.105. The van der Waals surface area contributed by atoms with Crippen LogP contribution in [-0.2, 0) is 5.75 Å². The van der Waals surface area contributed by atoms with E-state index in [0.29, 0.717) is 21.7 Å². The Kier molecular flexibility index (Phi) is 4.91. The number of hydrogen-bond acceptors (Lipinski definition) is 4. The van der Waals surface area contributed by atoms with Gasteiger partial charge in [0.05, 0.1) is 11.9 Å². The predicted octanol–water partition coefficient (Wildman–Crippen LogP) is 4.64. The van der Waals surface area contributed by atoms with Crippen molar-refractivity contribution in [3.63, 3.8) is 0 Å². The molecule has 0 aliphatic carbocycles. The zero-order valence-electron chi connectivity index (χ0n) is 14.5. The Labute approximate surface area is 167 Å². The Morgan fingerprint density at radius 1 is 1.21 bits per heavy atom. The van der Waals surface area contributed by atoms with Gasteiger partial charge in [-0.15, -0.1) is 0 Å². The maximum atomic E-state index is 14.0. The highest BCUT2D eigenvalue weighted by Crippen LogP contribution is 2.28. The van der Waals surface area contributed by atoms with Gasteiger partial charge in [0.25, 0.3) is 5.56 Å². The first-order valence-electron chi connectivity index (χ1n) is 8.24. The average Bonchev–Trinajstić information content (AvgIpc) is 3.13. The first-order chi connectivity index (χ1) is 13.5. The van der Waals surface area contributed by atoms with Gasteiger partial charge in [-0.3, -0.25) is 14.5 Å². The van der Waals surface area contributed by atoms with E-state index in [2.05, 4.69) is 15.2 Å². The Bertz CT molecular complexity index is 1230. The molecule has 1 N–H and O–H groups in total. The summed E-state index contributed by atoms with van der Waals surface area (Å²) in [5, 5.41) is 7.58. The number of nitrogens with zero attached hydrogens (tertiary/aromatic N) is 3. The molecule has 0 atom stereocenters. The van der Waals surface area contributed by atoms with Crippen molar-refractivity contribution in [3.8, 4) is 5.69 Å². The van der Waals surface area contributed by atoms with E-state index in [1.807, 2.05) is 6.92 Å². The molecule has 0 spiro atoms. The molecular formula is C19H13ClF2N4OS. The maximum Gasteiger partial charge on any atom is 0.269 e. The minimum absolute atomic E-state index is 0.0375. The SMILES string of the molecule is Cc1ccc(-n2c(SCc3c(F)cccc3F)nc3[nH]ncc3c2=O)cc1Cl. The van der Waals surface area contributed by atoms with Gasteiger partial charge in [0.15, 0.2) is 10.8 Å². The molecule has 0 fully saturated rings. The molecule has 2 aromatic heterocycles. The van der Waals surface area contributed by atoms with E-state index in [0.717, 1.165) is 17.3 Å². The van der Waals surface area contributed by atoms with Crippen molar-refractivity contribution in [2.75, 3.05) is 0 Å². The molecule has 5 nitrogen and oxygen atoms in total. The van der Waals surface area contributed by atoms with Crippen LogP contribution in [0.15, 0.2) is 52.5 Å². The molecule has 0 unspecified atom stereocenters. The molecule has 0 bridgehead atoms. The van der Waals surface area contributed by atoms with E-state index in [-0.39, 0.29) is 22.0 Å². The molecule has 28 heavy (non-hydrogen) atoms. The Morgan fingerprint density at radius 3 is 2.68 bits per heavy atom. The number of aryl methyl sites for hydroxylation is 1. The van der Waals surface area contributed by atoms with Crippen LogP contribution in [0.3, 0.4) is 0 Å². The van der Waals surface area contributed by atoms with Crippen LogP contribution < -0.4 is 5.56 Å². The van der Waals surface area contributed by atoms with E-state index in [1.165, 1.54) is 29.0 Å². The van der Waals surface area contributed by atoms with Gasteiger partial charge in [0, 0.05) is 16.3 Å². The number of hydrogen-bond donors (Lipinski definition) is 1. The van der Waals surface area contributed by atoms with Gasteiger partial charge in [-0.05, 0) is 36.8 Å². The summed E-state index contributed by atoms with van der Waals surface area (Å²) in [6.07, 6.45) is 1.39. The lowest BCUT2D eigenvalue weighted by Gasteiger charge is -2.13. The lowest BCUT2D eigenvalue weighted by Crippen LogP contribution is -2.21. The van der Waals surface area contributed by atoms with E-state index in [4.69, 9.17) is 11.6 Å². The molecule has 4 aromatic rings. The minimum Gasteiger partial charge on any atom is -0.268 e. The van der Waals surface area contributed by atoms with Crippen LogP contribution in [0, 0.1) is 18.6 Å². The van der Waals surface area contributed by atoms with Crippen molar-refractivity contribution >= 4 is 34.4 Å². The summed E-state index contributed by atoms with van der Waals surface area (Å²) in [5.74, 6) is -1.34. The number of halogens is 3. The average molecular weight is 419 g/mol. The van der Waals surface area contributed by atoms with Crippen LogP contribution in [0.25, 0.3) is 16.7 Å². The quantitative estimate of drug-likeness (QED) is 0.387. The Hall–Kier alpha value is -2.71. The standard InChI is InChI=1S/C19H13ClF2N4OS/c1-10-5-6-11(7-14(10)20)26-18(27)12-8-23-25-17(12)24-19(26)28-9-13-15(21)3-2-4-16(13)22/h2-8H,9H2,1H3,(H,23,25). The third-order valence-corrected chi connectivity index (χ3v) is 5.64. The molecule has 9 heteroatoms. The molecule has 0 aliphatic rings. The molecular weight excluding hydrogens is 406 g/mol. The molecule has 2 heterocycles. The number of thioether (sulfide) groups is 1. The fourth-order valence-electron chi connectivity index (χ4n) is 2.73. The molecule has 0 saturated carbocycles. The Balaban J connectivity index is 1.85. The zero-order chi connectivity index (χ0) is 19.8. The van der Waals surface area contributed by atoms with E-state index in [9.17, 15) is 13.6 Å². The third kappa shape index (κ3) is 3.29. The fourth-order valence-corrected chi connectivity index (χ4v) is 3.92. The second kappa shape index (κ2) is 7.37. The predicted molar refractivity (Wildman–Crippen MR) is 105 cm³/mol. The highest BCUT2D eigenvalue weighted by Gasteiger charge is 2.17. The van der Waals surface area contributed by atoms with Crippen LogP contribution in [0.5, 0.6) is 0 Å². The van der Waals surface area contributed by atoms with Gasteiger partial charge in [0.2, 0.25) is 0 Å². The van der Waals surface area contributed by atoms with Gasteiger partial charge < -0.3 is 0 Å². The number of rotatable bonds is 4. The molecule has 2 aromatic carbocycles. The topological polar surface area (TPSA) is 63.6 Å². The molecule has 4 rings (SSSR count). The summed E-state index contributed by atoms with van der Waals surface area (Å²) in [5.41, 5.74) is 1.23. The van der Waals surface area contributed by atoms with Crippen LogP contribution in [0.2, 0.25) is 5.02 Å². The van der Waals surface area contributed by atoms with Crippen LogP contribution in [-0.4, -0.2) is 19.7 Å². The first kappa shape index (κ1) is 18.6. The minimum atomic E-state index is -0.651. The summed E-state index contributed by atoms with van der Waals surface area (Å²) in [6, 6.07) is 8.87. The second-order valence-corrected chi connectivity index (χ2v) is 7.44. The maximum absolute atomic E-state index is 14.0. The summed E-state index contributed by atoms with van der Waals surface area (Å²) in [7, 11) is 0. The highest BCUT2D eigenvalue weighted by atomic mass is 35.5. The van der Waals surface area contributed by atoms with Crippen molar-refractivity contribution < 1.29 is 8.78 Å². The van der Waals surface area contributed by atoms with Crippen molar-refractivity contribution in [1.29, 1.82) is 0 Å². The molecule has 0 radical (unpaired) electrons. The van der Waals surface area contributed by atoms with Crippen molar-refractivity contribution in [1.82, 2.24) is 19.7 Å². The number of H-pyrrole nitrogens is 1. The number of aromatic nitrogens is 4. The largest absolute Gasteiger partial charge is 0.269 e. The monoisotopic (exact) mass is 418 g/mol. The summed E-state index contributed by atoms with van der Waals surface area (Å²) < 4.78 is 29.3. The number of fused-ring (bicyclic) bond motifs is 1. The lowest BCUT2D eigenvalue weighted by molar-refractivity contribution is 0.566. The molecule has 0 amide bonds. The number of aromatic amines is 1. The first-order valence-corrected chi connectivity index (χ1v) is 9.60. The van der Waals surface area contributed by atoms with Crippen molar-refractivity contribution in [2.45, 2.75) is 17.8 Å². The Morgan fingerprint density at radius 2 is 1.96 bits per heavy atom. The summed E-state index contributed by atoms with van der Waals surface area (Å²) >= 11 is 7.27. The van der Waals surface area contributed by atoms with E-state index in [1.54, 1.807) is 18.2 Å². The second-order valence-electron chi connectivity index (χ2n) is 6.09. The third-order valence-electron chi connectivity index (χ3n) is 4.27. The van der Waals surface area contributed by atoms with Gasteiger partial charge in [0.1, 0.15) is 17.0 Å². The van der Waals surface area contributed by atoms with Gasteiger partial charge in [-0.1, -0.05) is 35.5 Å². The van der Waals surface area contributed by atoms with E-state index >= 15 is 0 Å². The molecule has 142 valence electrons. The molecule has 0 aliphatic heterocycles. The van der Waals surface area contributed by atoms with Crippen molar-refractivity contribution in [3.05, 3.63) is 80.7 Å². The number of nitrogens with one attached hydrogen (secondary N) is 1. The smallest absolute Gasteiger partial charge is 0.268 e. The molecule has 0 saturated heterocycles. The van der Waals surface area contributed by atoms with Crippen LogP contribution in [0.4, 0.5) is 8.78 Å². The lowest BCUT2D eigenvalue weighted by atomic mass is 10.2. The van der Waals surface area contributed by atoms with E-state index < -0.39 is 11.6 Å². The van der Waals surface area contributed by atoms with Crippen LogP contribution in [0.1, 0.15) is 11.1 Å². The summed E-state index contributed by atoms with van der Waals surface area (Å²) in [4.78, 5) is 17.4. The normalized spacial score (nSPS) is 11.3.